The number of nitrogens with one attached hydrogen (secondary N) is 2. The minimum absolute atomic E-state index is 0.0566. The third-order valence-corrected chi connectivity index (χ3v) is 7.25. The maximum Gasteiger partial charge on any atom is 0.416 e. The summed E-state index contributed by atoms with van der Waals surface area (Å²) in [7, 11) is 0. The normalized spacial score (nSPS) is 23.1. The highest BCUT2D eigenvalue weighted by molar-refractivity contribution is 5.91. The number of aromatic nitrogens is 2. The Bertz CT molecular complexity index is 1040. The van der Waals surface area contributed by atoms with Crippen molar-refractivity contribution < 1.29 is 23.1 Å². The molecule has 1 aliphatic carbocycles. The molecule has 3 N–H and O–H groups in total. The Morgan fingerprint density at radius 2 is 1.83 bits per heavy atom. The summed E-state index contributed by atoms with van der Waals surface area (Å²) in [6, 6.07) is 3.81. The summed E-state index contributed by atoms with van der Waals surface area (Å²) in [6.45, 7) is 7.72. The number of anilines is 1. The van der Waals surface area contributed by atoms with Gasteiger partial charge in [0.25, 0.3) is 0 Å². The van der Waals surface area contributed by atoms with Crippen molar-refractivity contribution in [1.82, 2.24) is 20.2 Å². The van der Waals surface area contributed by atoms with Crippen molar-refractivity contribution in [3.8, 4) is 0 Å². The van der Waals surface area contributed by atoms with Crippen LogP contribution in [-0.4, -0.2) is 63.7 Å². The van der Waals surface area contributed by atoms with E-state index in [1.807, 2.05) is 0 Å². The van der Waals surface area contributed by atoms with Crippen LogP contribution in [0.4, 0.5) is 19.0 Å². The Balaban J connectivity index is 1.23. The Labute approximate surface area is 203 Å². The number of carbonyl (C=O) groups is 1. The molecule has 0 bridgehead atoms. The Morgan fingerprint density at radius 1 is 1.14 bits per heavy atom. The van der Waals surface area contributed by atoms with Gasteiger partial charge in [0.1, 0.15) is 12.1 Å². The SMILES string of the molecule is CC(C)(C)C(O)[C@H]1CC[C@@H](N2CC(NC(=O)CNc3ncnc4ccc(C(F)(F)F)cc34)C2)CC1. The molecule has 192 valence electrons. The van der Waals surface area contributed by atoms with Gasteiger partial charge in [0, 0.05) is 24.5 Å². The summed E-state index contributed by atoms with van der Waals surface area (Å²) in [6.07, 6.45) is 0.649. The molecule has 35 heavy (non-hydrogen) atoms. The van der Waals surface area contributed by atoms with Crippen LogP contribution < -0.4 is 10.6 Å². The third kappa shape index (κ3) is 6.03. The monoisotopic (exact) mass is 493 g/mol. The number of benzene rings is 1. The summed E-state index contributed by atoms with van der Waals surface area (Å²) in [4.78, 5) is 22.8. The van der Waals surface area contributed by atoms with E-state index in [4.69, 9.17) is 0 Å². The molecule has 1 saturated carbocycles. The molecule has 1 saturated heterocycles. The van der Waals surface area contributed by atoms with Crippen molar-refractivity contribution in [2.45, 2.75) is 70.8 Å². The Kier molecular flexibility index (Phi) is 7.24. The molecule has 1 aromatic heterocycles. The first-order valence-electron chi connectivity index (χ1n) is 12.2. The van der Waals surface area contributed by atoms with Crippen LogP contribution in [0.3, 0.4) is 0 Å². The molecule has 1 atom stereocenters. The number of rotatable bonds is 6. The van der Waals surface area contributed by atoms with Gasteiger partial charge in [-0.1, -0.05) is 20.8 Å². The molecular weight excluding hydrogens is 459 g/mol. The molecule has 2 fully saturated rings. The van der Waals surface area contributed by atoms with Crippen molar-refractivity contribution >= 4 is 22.6 Å². The lowest BCUT2D eigenvalue weighted by Crippen LogP contribution is -2.63. The quantitative estimate of drug-likeness (QED) is 0.567. The Morgan fingerprint density at radius 3 is 2.46 bits per heavy atom. The highest BCUT2D eigenvalue weighted by atomic mass is 19.4. The fourth-order valence-electron chi connectivity index (χ4n) is 5.21. The highest BCUT2D eigenvalue weighted by Crippen LogP contribution is 2.37. The van der Waals surface area contributed by atoms with Crippen molar-refractivity contribution in [1.29, 1.82) is 0 Å². The number of hydrogen-bond donors (Lipinski definition) is 3. The van der Waals surface area contributed by atoms with Crippen molar-refractivity contribution in [2.75, 3.05) is 25.0 Å². The maximum absolute atomic E-state index is 13.1. The lowest BCUT2D eigenvalue weighted by atomic mass is 9.73. The van der Waals surface area contributed by atoms with Gasteiger partial charge in [0.2, 0.25) is 5.91 Å². The lowest BCUT2D eigenvalue weighted by Gasteiger charge is -2.47. The van der Waals surface area contributed by atoms with Crippen LogP contribution in [0.15, 0.2) is 24.5 Å². The second kappa shape index (κ2) is 9.89. The topological polar surface area (TPSA) is 90.4 Å². The molecule has 2 aromatic rings. The van der Waals surface area contributed by atoms with Crippen LogP contribution in [0.5, 0.6) is 0 Å². The average molecular weight is 494 g/mol. The van der Waals surface area contributed by atoms with Gasteiger partial charge in [-0.2, -0.15) is 13.2 Å². The number of alkyl halides is 3. The summed E-state index contributed by atoms with van der Waals surface area (Å²) < 4.78 is 39.2. The average Bonchev–Trinajstić information content (AvgIpc) is 2.78. The van der Waals surface area contributed by atoms with Crippen LogP contribution in [0, 0.1) is 11.3 Å². The highest BCUT2D eigenvalue weighted by Gasteiger charge is 2.38. The molecule has 2 aliphatic rings. The molecule has 10 heteroatoms. The molecule has 1 amide bonds. The molecule has 1 aromatic carbocycles. The number of amides is 1. The van der Waals surface area contributed by atoms with Crippen molar-refractivity contribution in [3.63, 3.8) is 0 Å². The zero-order valence-corrected chi connectivity index (χ0v) is 20.4. The van der Waals surface area contributed by atoms with Gasteiger partial charge >= 0.3 is 6.18 Å². The fourth-order valence-corrected chi connectivity index (χ4v) is 5.21. The van der Waals surface area contributed by atoms with E-state index in [0.29, 0.717) is 17.5 Å². The van der Waals surface area contributed by atoms with E-state index in [0.717, 1.165) is 50.9 Å². The van der Waals surface area contributed by atoms with Crippen molar-refractivity contribution in [2.24, 2.45) is 11.3 Å². The molecule has 0 spiro atoms. The predicted molar refractivity (Wildman–Crippen MR) is 128 cm³/mol. The van der Waals surface area contributed by atoms with E-state index < -0.39 is 11.7 Å². The largest absolute Gasteiger partial charge is 0.416 e. The summed E-state index contributed by atoms with van der Waals surface area (Å²) >= 11 is 0. The minimum atomic E-state index is -4.47. The van der Waals surface area contributed by atoms with E-state index in [-0.39, 0.29) is 41.2 Å². The van der Waals surface area contributed by atoms with Crippen LogP contribution in [-0.2, 0) is 11.0 Å². The van der Waals surface area contributed by atoms with Gasteiger partial charge in [-0.25, -0.2) is 9.97 Å². The second-order valence-corrected chi connectivity index (χ2v) is 10.9. The van der Waals surface area contributed by atoms with E-state index in [1.165, 1.54) is 12.4 Å². The number of fused-ring (bicyclic) bond motifs is 1. The molecule has 4 rings (SSSR count). The smallest absolute Gasteiger partial charge is 0.392 e. The number of halogens is 3. The van der Waals surface area contributed by atoms with Gasteiger partial charge in [-0.05, 0) is 55.2 Å². The van der Waals surface area contributed by atoms with Crippen molar-refractivity contribution in [3.05, 3.63) is 30.1 Å². The van der Waals surface area contributed by atoms with Gasteiger partial charge < -0.3 is 15.7 Å². The molecule has 1 unspecified atom stereocenters. The van der Waals surface area contributed by atoms with Gasteiger partial charge in [0.05, 0.1) is 29.8 Å². The molecular formula is C25H34F3N5O2. The molecule has 2 heterocycles. The number of hydrogen-bond acceptors (Lipinski definition) is 6. The minimum Gasteiger partial charge on any atom is -0.392 e. The number of likely N-dealkylation sites (tertiary alicyclic amines) is 1. The number of aliphatic hydroxyl groups excluding tert-OH is 1. The number of nitrogens with zero attached hydrogens (tertiary/aromatic N) is 3. The van der Waals surface area contributed by atoms with Gasteiger partial charge in [-0.15, -0.1) is 0 Å². The number of aliphatic hydroxyl groups is 1. The Hall–Kier alpha value is -2.46. The first-order chi connectivity index (χ1) is 16.4. The first kappa shape index (κ1) is 25.6. The standard InChI is InChI=1S/C25H34F3N5O2/c1-24(2,3)22(35)15-4-7-18(8-5-15)33-12-17(13-33)32-21(34)11-29-23-19-10-16(25(26,27)28)6-9-20(19)30-14-31-23/h6,9-10,14-15,17-18,22,35H,4-5,7-8,11-13H2,1-3H3,(H,32,34)(H,29,30,31)/t15-,18+,22?. The summed E-state index contributed by atoms with van der Waals surface area (Å²) in [5, 5.41) is 16.6. The van der Waals surface area contributed by atoms with E-state index in [2.05, 4.69) is 46.3 Å². The zero-order valence-electron chi connectivity index (χ0n) is 20.4. The zero-order chi connectivity index (χ0) is 25.4. The fraction of sp³-hybridized carbons (Fsp3) is 0.640. The van der Waals surface area contributed by atoms with E-state index >= 15 is 0 Å². The second-order valence-electron chi connectivity index (χ2n) is 10.9. The van der Waals surface area contributed by atoms with Crippen LogP contribution in [0.1, 0.15) is 52.0 Å². The molecule has 1 aliphatic heterocycles. The third-order valence-electron chi connectivity index (χ3n) is 7.25. The van der Waals surface area contributed by atoms with Crippen LogP contribution >= 0.6 is 0 Å². The van der Waals surface area contributed by atoms with Gasteiger partial charge in [0.15, 0.2) is 0 Å². The lowest BCUT2D eigenvalue weighted by molar-refractivity contribution is -0.137. The summed E-state index contributed by atoms with van der Waals surface area (Å²) in [5.41, 5.74) is -0.518. The van der Waals surface area contributed by atoms with E-state index in [9.17, 15) is 23.1 Å². The van der Waals surface area contributed by atoms with Crippen LogP contribution in [0.2, 0.25) is 0 Å². The van der Waals surface area contributed by atoms with E-state index in [1.54, 1.807) is 0 Å². The molecule has 7 nitrogen and oxygen atoms in total. The van der Waals surface area contributed by atoms with Crippen LogP contribution in [0.25, 0.3) is 10.9 Å². The number of carbonyl (C=O) groups excluding carboxylic acids is 1. The predicted octanol–water partition coefficient (Wildman–Crippen LogP) is 3.83. The molecule has 0 radical (unpaired) electrons. The van der Waals surface area contributed by atoms with Gasteiger partial charge in [-0.3, -0.25) is 9.69 Å². The first-order valence-corrected chi connectivity index (χ1v) is 12.2. The summed E-state index contributed by atoms with van der Waals surface area (Å²) in [5.74, 6) is 0.310. The maximum atomic E-state index is 13.1.